The highest BCUT2D eigenvalue weighted by Gasteiger charge is 2.27. The standard InChI is InChI=1S/C14H26N2O3/c1-14(2,3)13(19)15-8-4-7-12(18)16-9-5-6-11(16)10-17/h11,17H,4-10H2,1-3H3,(H,15,19). The number of rotatable bonds is 5. The fourth-order valence-corrected chi connectivity index (χ4v) is 2.20. The molecule has 5 heteroatoms. The van der Waals surface area contributed by atoms with Crippen molar-refractivity contribution in [3.8, 4) is 0 Å². The summed E-state index contributed by atoms with van der Waals surface area (Å²) in [6.07, 6.45) is 2.94. The maximum atomic E-state index is 12.0. The summed E-state index contributed by atoms with van der Waals surface area (Å²) in [4.78, 5) is 25.4. The molecule has 0 aliphatic carbocycles. The quantitative estimate of drug-likeness (QED) is 0.730. The summed E-state index contributed by atoms with van der Waals surface area (Å²) in [6, 6.07) is -0.00309. The Bertz CT molecular complexity index is 323. The van der Waals surface area contributed by atoms with E-state index in [-0.39, 0.29) is 29.9 Å². The molecule has 0 saturated carbocycles. The highest BCUT2D eigenvalue weighted by molar-refractivity contribution is 5.81. The molecule has 0 aromatic carbocycles. The molecule has 110 valence electrons. The van der Waals surface area contributed by atoms with E-state index >= 15 is 0 Å². The minimum atomic E-state index is -0.388. The molecule has 5 nitrogen and oxygen atoms in total. The lowest BCUT2D eigenvalue weighted by atomic mass is 9.96. The van der Waals surface area contributed by atoms with Crippen LogP contribution >= 0.6 is 0 Å². The van der Waals surface area contributed by atoms with Crippen LogP contribution in [-0.2, 0) is 9.59 Å². The number of aliphatic hydroxyl groups is 1. The molecule has 0 bridgehead atoms. The Morgan fingerprint density at radius 2 is 2.05 bits per heavy atom. The van der Waals surface area contributed by atoms with Gasteiger partial charge in [-0.05, 0) is 19.3 Å². The average Bonchev–Trinajstić information content (AvgIpc) is 2.81. The first-order valence-corrected chi connectivity index (χ1v) is 7.05. The highest BCUT2D eigenvalue weighted by atomic mass is 16.3. The molecule has 1 fully saturated rings. The van der Waals surface area contributed by atoms with Gasteiger partial charge in [0.2, 0.25) is 11.8 Å². The van der Waals surface area contributed by atoms with Crippen LogP contribution in [0, 0.1) is 5.41 Å². The van der Waals surface area contributed by atoms with E-state index in [1.807, 2.05) is 20.8 Å². The third-order valence-electron chi connectivity index (χ3n) is 3.44. The van der Waals surface area contributed by atoms with E-state index in [9.17, 15) is 9.59 Å². The number of carbonyl (C=O) groups is 2. The topological polar surface area (TPSA) is 69.6 Å². The van der Waals surface area contributed by atoms with Crippen LogP contribution < -0.4 is 5.32 Å². The second kappa shape index (κ2) is 6.89. The van der Waals surface area contributed by atoms with Gasteiger partial charge in [-0.2, -0.15) is 0 Å². The minimum absolute atomic E-state index is 0.00309. The van der Waals surface area contributed by atoms with Gasteiger partial charge in [-0.15, -0.1) is 0 Å². The molecule has 0 aromatic heterocycles. The van der Waals surface area contributed by atoms with Gasteiger partial charge in [-0.25, -0.2) is 0 Å². The number of hydrogen-bond acceptors (Lipinski definition) is 3. The van der Waals surface area contributed by atoms with Crippen LogP contribution in [-0.4, -0.2) is 47.6 Å². The van der Waals surface area contributed by atoms with E-state index in [1.165, 1.54) is 0 Å². The Hall–Kier alpha value is -1.10. The van der Waals surface area contributed by atoms with Crippen molar-refractivity contribution in [1.82, 2.24) is 10.2 Å². The predicted octanol–water partition coefficient (Wildman–Crippen LogP) is 0.912. The molecular weight excluding hydrogens is 244 g/mol. The van der Waals surface area contributed by atoms with E-state index < -0.39 is 0 Å². The number of nitrogens with one attached hydrogen (secondary N) is 1. The summed E-state index contributed by atoms with van der Waals surface area (Å²) in [5.41, 5.74) is -0.388. The van der Waals surface area contributed by atoms with E-state index in [0.717, 1.165) is 19.4 Å². The van der Waals surface area contributed by atoms with Crippen LogP contribution in [0.5, 0.6) is 0 Å². The highest BCUT2D eigenvalue weighted by Crippen LogP contribution is 2.18. The number of nitrogens with zero attached hydrogens (tertiary/aromatic N) is 1. The summed E-state index contributed by atoms with van der Waals surface area (Å²) < 4.78 is 0. The Labute approximate surface area is 115 Å². The zero-order valence-corrected chi connectivity index (χ0v) is 12.2. The van der Waals surface area contributed by atoms with Gasteiger partial charge in [-0.3, -0.25) is 9.59 Å². The van der Waals surface area contributed by atoms with Gasteiger partial charge in [0, 0.05) is 24.9 Å². The lowest BCUT2D eigenvalue weighted by Crippen LogP contribution is -2.38. The maximum absolute atomic E-state index is 12.0. The third-order valence-corrected chi connectivity index (χ3v) is 3.44. The molecular formula is C14H26N2O3. The van der Waals surface area contributed by atoms with Gasteiger partial charge in [0.1, 0.15) is 0 Å². The Balaban J connectivity index is 2.23. The normalized spacial score (nSPS) is 19.6. The SMILES string of the molecule is CC(C)(C)C(=O)NCCCC(=O)N1CCCC1CO. The molecule has 1 aliphatic heterocycles. The first-order valence-electron chi connectivity index (χ1n) is 7.05. The van der Waals surface area contributed by atoms with Crippen molar-refractivity contribution in [3.05, 3.63) is 0 Å². The molecule has 1 rings (SSSR count). The molecule has 0 radical (unpaired) electrons. The Morgan fingerprint density at radius 3 is 2.63 bits per heavy atom. The molecule has 1 unspecified atom stereocenters. The van der Waals surface area contributed by atoms with Gasteiger partial charge in [-0.1, -0.05) is 20.8 Å². The Morgan fingerprint density at radius 1 is 1.37 bits per heavy atom. The first-order chi connectivity index (χ1) is 8.86. The molecule has 0 spiro atoms. The number of amides is 2. The van der Waals surface area contributed by atoms with E-state index in [1.54, 1.807) is 4.90 Å². The van der Waals surface area contributed by atoms with Crippen LogP contribution in [0.25, 0.3) is 0 Å². The van der Waals surface area contributed by atoms with Gasteiger partial charge < -0.3 is 15.3 Å². The van der Waals surface area contributed by atoms with E-state index in [0.29, 0.717) is 19.4 Å². The van der Waals surface area contributed by atoms with Gasteiger partial charge in [0.25, 0.3) is 0 Å². The third kappa shape index (κ3) is 4.82. The molecule has 1 aliphatic rings. The number of hydrogen-bond donors (Lipinski definition) is 2. The van der Waals surface area contributed by atoms with Crippen molar-refractivity contribution in [3.63, 3.8) is 0 Å². The second-order valence-corrected chi connectivity index (χ2v) is 6.18. The van der Waals surface area contributed by atoms with Crippen LogP contribution in [0.15, 0.2) is 0 Å². The molecule has 0 aromatic rings. The Kier molecular flexibility index (Phi) is 5.79. The lowest BCUT2D eigenvalue weighted by Gasteiger charge is -2.23. The average molecular weight is 270 g/mol. The summed E-state index contributed by atoms with van der Waals surface area (Å²) >= 11 is 0. The largest absolute Gasteiger partial charge is 0.394 e. The predicted molar refractivity (Wildman–Crippen MR) is 73.5 cm³/mol. The molecule has 2 N–H and O–H groups in total. The number of likely N-dealkylation sites (tertiary alicyclic amines) is 1. The zero-order chi connectivity index (χ0) is 14.5. The van der Waals surface area contributed by atoms with Gasteiger partial charge >= 0.3 is 0 Å². The monoisotopic (exact) mass is 270 g/mol. The molecule has 1 saturated heterocycles. The fraction of sp³-hybridized carbons (Fsp3) is 0.857. The van der Waals surface area contributed by atoms with Crippen LogP contribution in [0.4, 0.5) is 0 Å². The van der Waals surface area contributed by atoms with E-state index in [4.69, 9.17) is 5.11 Å². The molecule has 19 heavy (non-hydrogen) atoms. The molecule has 1 atom stereocenters. The van der Waals surface area contributed by atoms with Crippen molar-refractivity contribution in [1.29, 1.82) is 0 Å². The van der Waals surface area contributed by atoms with Crippen LogP contribution in [0.1, 0.15) is 46.5 Å². The minimum Gasteiger partial charge on any atom is -0.394 e. The zero-order valence-electron chi connectivity index (χ0n) is 12.2. The summed E-state index contributed by atoms with van der Waals surface area (Å²) in [5, 5.41) is 12.0. The van der Waals surface area contributed by atoms with Gasteiger partial charge in [0.15, 0.2) is 0 Å². The molecule has 2 amide bonds. The van der Waals surface area contributed by atoms with Crippen LogP contribution in [0.3, 0.4) is 0 Å². The number of aliphatic hydroxyl groups excluding tert-OH is 1. The number of carbonyl (C=O) groups excluding carboxylic acids is 2. The van der Waals surface area contributed by atoms with E-state index in [2.05, 4.69) is 5.32 Å². The first kappa shape index (κ1) is 16.0. The summed E-state index contributed by atoms with van der Waals surface area (Å²) in [5.74, 6) is 0.0934. The lowest BCUT2D eigenvalue weighted by molar-refractivity contribution is -0.133. The molecule has 1 heterocycles. The second-order valence-electron chi connectivity index (χ2n) is 6.18. The van der Waals surface area contributed by atoms with Crippen molar-refractivity contribution in [2.24, 2.45) is 5.41 Å². The van der Waals surface area contributed by atoms with Gasteiger partial charge in [0.05, 0.1) is 12.6 Å². The summed E-state index contributed by atoms with van der Waals surface area (Å²) in [6.45, 7) is 6.92. The smallest absolute Gasteiger partial charge is 0.225 e. The van der Waals surface area contributed by atoms with Crippen molar-refractivity contribution < 1.29 is 14.7 Å². The van der Waals surface area contributed by atoms with Crippen molar-refractivity contribution >= 4 is 11.8 Å². The van der Waals surface area contributed by atoms with Crippen molar-refractivity contribution in [2.45, 2.75) is 52.5 Å². The van der Waals surface area contributed by atoms with Crippen LogP contribution in [0.2, 0.25) is 0 Å². The summed E-state index contributed by atoms with van der Waals surface area (Å²) in [7, 11) is 0. The van der Waals surface area contributed by atoms with Crippen molar-refractivity contribution in [2.75, 3.05) is 19.7 Å². The maximum Gasteiger partial charge on any atom is 0.225 e. The fourth-order valence-electron chi connectivity index (χ4n) is 2.20.